The predicted octanol–water partition coefficient (Wildman–Crippen LogP) is 6.79. The molecule has 1 fully saturated rings. The molecule has 0 spiro atoms. The molecular weight excluding hydrogens is 618 g/mol. The fraction of sp³-hybridized carbons (Fsp3) is 0.379. The maximum absolute atomic E-state index is 14.4. The number of ether oxygens (including phenoxy) is 1. The maximum Gasteiger partial charge on any atom is 0.344 e. The number of nitrogens with zero attached hydrogens (tertiary/aromatic N) is 2. The number of aryl methyl sites for hydroxylation is 2. The molecule has 0 aliphatic carbocycles. The normalized spacial score (nSPS) is 14.0. The highest BCUT2D eigenvalue weighted by atomic mass is 35.5. The highest BCUT2D eigenvalue weighted by molar-refractivity contribution is 6.31. The van der Waals surface area contributed by atoms with Crippen LogP contribution in [0.1, 0.15) is 42.4 Å². The second kappa shape index (κ2) is 15.5. The van der Waals surface area contributed by atoms with Crippen molar-refractivity contribution in [3.05, 3.63) is 85.0 Å². The van der Waals surface area contributed by atoms with Crippen molar-refractivity contribution in [2.45, 2.75) is 52.6 Å². The van der Waals surface area contributed by atoms with E-state index in [2.05, 4.69) is 15.6 Å². The van der Waals surface area contributed by atoms with E-state index in [4.69, 9.17) is 23.2 Å². The molecule has 3 heterocycles. The lowest BCUT2D eigenvalue weighted by molar-refractivity contribution is -0.133. The molecule has 43 heavy (non-hydrogen) atoms. The van der Waals surface area contributed by atoms with Crippen LogP contribution in [0.4, 0.5) is 22.0 Å². The van der Waals surface area contributed by atoms with Gasteiger partial charge in [0.2, 0.25) is 5.95 Å². The minimum absolute atomic E-state index is 0.0243. The number of halogens is 7. The number of hydrazine groups is 1. The van der Waals surface area contributed by atoms with Crippen molar-refractivity contribution in [2.24, 2.45) is 0 Å². The van der Waals surface area contributed by atoms with E-state index in [0.29, 0.717) is 24.2 Å². The lowest BCUT2D eigenvalue weighted by Gasteiger charge is -2.16. The minimum atomic E-state index is -2.31. The number of hydrogen-bond acceptors (Lipinski definition) is 5. The summed E-state index contributed by atoms with van der Waals surface area (Å²) in [5.41, 5.74) is 4.72. The largest absolute Gasteiger partial charge is 0.465 e. The predicted molar refractivity (Wildman–Crippen MR) is 156 cm³/mol. The van der Waals surface area contributed by atoms with Crippen LogP contribution in [0.15, 0.2) is 35.1 Å². The molecule has 0 bridgehead atoms. The van der Waals surface area contributed by atoms with Gasteiger partial charge in [-0.15, -0.1) is 0 Å². The highest BCUT2D eigenvalue weighted by Gasteiger charge is 2.26. The van der Waals surface area contributed by atoms with E-state index in [-0.39, 0.29) is 21.2 Å². The molecule has 0 amide bonds. The molecule has 5 rings (SSSR count). The number of carbonyl (C=O) groups is 1. The average molecular weight is 649 g/mol. The summed E-state index contributed by atoms with van der Waals surface area (Å²) in [6.07, 6.45) is 1.98. The number of carbonyl (C=O) groups excluding carboxylic acids is 1. The average Bonchev–Trinajstić information content (AvgIpc) is 3.24. The SMILES string of the molecule is C1CCNNC1.COC(=O)C(=C(F)F)c1cc(C)c(Cl)cc1F.Cc1cc(-c2c(F)n3n(c2=O)CCCC3)c(F)cc1Cl. The van der Waals surface area contributed by atoms with Crippen LogP contribution in [-0.2, 0) is 22.6 Å². The lowest BCUT2D eigenvalue weighted by atomic mass is 10.0. The van der Waals surface area contributed by atoms with Gasteiger partial charge in [-0.05, 0) is 74.9 Å². The molecule has 2 aliphatic heterocycles. The van der Waals surface area contributed by atoms with E-state index in [1.807, 2.05) is 0 Å². The van der Waals surface area contributed by atoms with Gasteiger partial charge in [-0.1, -0.05) is 23.2 Å². The van der Waals surface area contributed by atoms with Gasteiger partial charge in [-0.3, -0.25) is 20.3 Å². The molecule has 2 aliphatic rings. The number of hydrogen-bond donors (Lipinski definition) is 2. The maximum atomic E-state index is 14.4. The Kier molecular flexibility index (Phi) is 12.4. The second-order valence-electron chi connectivity index (χ2n) is 9.77. The molecule has 0 radical (unpaired) electrons. The number of rotatable bonds is 3. The number of fused-ring (bicyclic) bond motifs is 1. The first kappa shape index (κ1) is 34.3. The Hall–Kier alpha value is -3.19. The molecule has 234 valence electrons. The zero-order chi connectivity index (χ0) is 31.8. The third-order valence-corrected chi connectivity index (χ3v) is 7.57. The Morgan fingerprint density at radius 1 is 0.837 bits per heavy atom. The molecule has 2 aromatic carbocycles. The summed E-state index contributed by atoms with van der Waals surface area (Å²) in [6, 6.07) is 4.48. The van der Waals surface area contributed by atoms with Crippen LogP contribution >= 0.6 is 23.2 Å². The van der Waals surface area contributed by atoms with Gasteiger partial charge in [-0.2, -0.15) is 13.2 Å². The number of methoxy groups -OCH3 is 1. The van der Waals surface area contributed by atoms with Crippen LogP contribution in [0.3, 0.4) is 0 Å². The molecule has 0 saturated carbocycles. The summed E-state index contributed by atoms with van der Waals surface area (Å²) in [5, 5.41) is 0.352. The van der Waals surface area contributed by atoms with Crippen molar-refractivity contribution in [3.63, 3.8) is 0 Å². The quantitative estimate of drug-likeness (QED) is 0.186. The summed E-state index contributed by atoms with van der Waals surface area (Å²) in [4.78, 5) is 23.4. The monoisotopic (exact) mass is 648 g/mol. The van der Waals surface area contributed by atoms with Crippen LogP contribution in [0.5, 0.6) is 0 Å². The van der Waals surface area contributed by atoms with Crippen LogP contribution in [-0.4, -0.2) is 35.5 Å². The second-order valence-corrected chi connectivity index (χ2v) is 10.6. The van der Waals surface area contributed by atoms with Crippen molar-refractivity contribution in [2.75, 3.05) is 20.2 Å². The van der Waals surface area contributed by atoms with E-state index in [1.165, 1.54) is 35.2 Å². The molecule has 0 atom stereocenters. The van der Waals surface area contributed by atoms with Gasteiger partial charge in [0.05, 0.1) is 7.11 Å². The van der Waals surface area contributed by atoms with Crippen molar-refractivity contribution in [1.82, 2.24) is 20.2 Å². The third kappa shape index (κ3) is 8.26. The number of nitrogens with one attached hydrogen (secondary N) is 2. The van der Waals surface area contributed by atoms with Gasteiger partial charge in [0.25, 0.3) is 11.6 Å². The Bertz CT molecular complexity index is 1550. The molecule has 1 saturated heterocycles. The van der Waals surface area contributed by atoms with Crippen molar-refractivity contribution in [3.8, 4) is 11.1 Å². The van der Waals surface area contributed by atoms with Gasteiger partial charge in [-0.25, -0.2) is 18.3 Å². The first-order valence-electron chi connectivity index (χ1n) is 13.4. The summed E-state index contributed by atoms with van der Waals surface area (Å²) in [5.74, 6) is -3.66. The summed E-state index contributed by atoms with van der Waals surface area (Å²) in [6.45, 7) is 6.38. The van der Waals surface area contributed by atoms with Gasteiger partial charge in [0.15, 0.2) is 0 Å². The van der Waals surface area contributed by atoms with E-state index < -0.39 is 46.3 Å². The minimum Gasteiger partial charge on any atom is -0.465 e. The lowest BCUT2D eigenvalue weighted by Crippen LogP contribution is -2.37. The fourth-order valence-electron chi connectivity index (χ4n) is 4.44. The number of benzene rings is 2. The standard InChI is InChI=1S/C14H13ClF2N2O.C11H8ClF3O2.C4H10N2/c1-8-6-9(11(16)7-10(8)15)12-13(17)18-4-2-3-5-19(18)14(12)20;1-5-3-6(8(13)4-7(5)12)9(10(14)15)11(16)17-2;1-2-4-6-5-3-1/h6-7H,2-5H2,1H3;3-4H,1-2H3;5-6H,1-4H2. The van der Waals surface area contributed by atoms with Crippen molar-refractivity contribution >= 4 is 34.7 Å². The molecule has 0 unspecified atom stereocenters. The van der Waals surface area contributed by atoms with Gasteiger partial charge < -0.3 is 4.74 Å². The molecule has 2 N–H and O–H groups in total. The zero-order valence-electron chi connectivity index (χ0n) is 23.7. The molecule has 1 aromatic heterocycles. The smallest absolute Gasteiger partial charge is 0.344 e. The van der Waals surface area contributed by atoms with Gasteiger partial charge >= 0.3 is 5.97 Å². The summed E-state index contributed by atoms with van der Waals surface area (Å²) >= 11 is 11.5. The summed E-state index contributed by atoms with van der Waals surface area (Å²) < 4.78 is 74.0. The first-order valence-corrected chi connectivity index (χ1v) is 14.1. The zero-order valence-corrected chi connectivity index (χ0v) is 25.2. The van der Waals surface area contributed by atoms with Crippen LogP contribution in [0, 0.1) is 31.4 Å². The molecule has 14 heteroatoms. The van der Waals surface area contributed by atoms with E-state index >= 15 is 0 Å². The Morgan fingerprint density at radius 2 is 1.37 bits per heavy atom. The van der Waals surface area contributed by atoms with Gasteiger partial charge in [0.1, 0.15) is 22.8 Å². The van der Waals surface area contributed by atoms with E-state index in [9.17, 15) is 31.5 Å². The van der Waals surface area contributed by atoms with Crippen LogP contribution < -0.4 is 16.4 Å². The van der Waals surface area contributed by atoms with Crippen LogP contribution in [0.2, 0.25) is 10.0 Å². The molecular formula is C29H31Cl2F5N4O3. The first-order chi connectivity index (χ1) is 20.4. The highest BCUT2D eigenvalue weighted by Crippen LogP contribution is 2.30. The fourth-order valence-corrected chi connectivity index (χ4v) is 4.75. The topological polar surface area (TPSA) is 77.3 Å². The van der Waals surface area contributed by atoms with Crippen LogP contribution in [0.25, 0.3) is 16.7 Å². The molecule has 7 nitrogen and oxygen atoms in total. The number of esters is 1. The Balaban J connectivity index is 0.000000199. The summed E-state index contributed by atoms with van der Waals surface area (Å²) in [7, 11) is 0.936. The van der Waals surface area contributed by atoms with Gasteiger partial charge in [0, 0.05) is 47.4 Å². The Morgan fingerprint density at radius 3 is 1.86 bits per heavy atom. The van der Waals surface area contributed by atoms with E-state index in [1.54, 1.807) is 6.92 Å². The molecule has 3 aromatic rings. The van der Waals surface area contributed by atoms with Crippen molar-refractivity contribution < 1.29 is 31.5 Å². The number of aromatic nitrogens is 2. The Labute approximate surface area is 255 Å². The third-order valence-electron chi connectivity index (χ3n) is 6.75. The van der Waals surface area contributed by atoms with Crippen molar-refractivity contribution in [1.29, 1.82) is 0 Å². The van der Waals surface area contributed by atoms with E-state index in [0.717, 1.165) is 51.2 Å².